The zero-order chi connectivity index (χ0) is 15.3. The summed E-state index contributed by atoms with van der Waals surface area (Å²) in [5, 5.41) is 7.25. The smallest absolute Gasteiger partial charge is 0.246 e. The molecule has 0 aliphatic heterocycles. The number of rotatable bonds is 8. The molecule has 1 aromatic heterocycles. The Labute approximate surface area is 127 Å². The van der Waals surface area contributed by atoms with Crippen LogP contribution in [0.3, 0.4) is 0 Å². The minimum atomic E-state index is -3.41. The van der Waals surface area contributed by atoms with Crippen LogP contribution in [0.5, 0.6) is 0 Å². The van der Waals surface area contributed by atoms with Gasteiger partial charge in [-0.15, -0.1) is 0 Å². The molecule has 1 heterocycles. The summed E-state index contributed by atoms with van der Waals surface area (Å²) < 4.78 is 28.9. The molecule has 21 heavy (non-hydrogen) atoms. The molecule has 1 aromatic rings. The van der Waals surface area contributed by atoms with Gasteiger partial charge in [0.05, 0.1) is 6.20 Å². The highest BCUT2D eigenvalue weighted by Crippen LogP contribution is 2.28. The fourth-order valence-electron chi connectivity index (χ4n) is 2.97. The number of hydrogen-bond acceptors (Lipinski definition) is 4. The molecule has 1 fully saturated rings. The summed E-state index contributed by atoms with van der Waals surface area (Å²) in [6.07, 6.45) is 8.26. The van der Waals surface area contributed by atoms with E-state index in [9.17, 15) is 8.42 Å². The molecule has 120 valence electrons. The molecule has 0 unspecified atom stereocenters. The fraction of sp³-hybridized carbons (Fsp3) is 0.786. The van der Waals surface area contributed by atoms with Crippen LogP contribution in [0.25, 0.3) is 0 Å². The van der Waals surface area contributed by atoms with Crippen molar-refractivity contribution < 1.29 is 8.42 Å². The summed E-state index contributed by atoms with van der Waals surface area (Å²) in [5.74, 6) is 0. The maximum atomic E-state index is 12.8. The number of sulfonamides is 1. The third-order valence-electron chi connectivity index (χ3n) is 4.07. The standard InChI is InChI=1S/C14H26N4O2S/c1-3-18(13-7-4-5-8-13)21(19,20)14-11-16-17(12-14)10-6-9-15-2/h11-13,15H,3-10H2,1-2H3. The molecule has 0 atom stereocenters. The van der Waals surface area contributed by atoms with E-state index < -0.39 is 10.0 Å². The molecule has 1 N–H and O–H groups in total. The predicted molar refractivity (Wildman–Crippen MR) is 82.6 cm³/mol. The molecular weight excluding hydrogens is 288 g/mol. The summed E-state index contributed by atoms with van der Waals surface area (Å²) in [6, 6.07) is 0.160. The molecule has 2 rings (SSSR count). The second-order valence-corrected chi connectivity index (χ2v) is 7.43. The van der Waals surface area contributed by atoms with Gasteiger partial charge in [0.2, 0.25) is 10.0 Å². The van der Waals surface area contributed by atoms with Gasteiger partial charge in [-0.25, -0.2) is 8.42 Å². The monoisotopic (exact) mass is 314 g/mol. The lowest BCUT2D eigenvalue weighted by molar-refractivity contribution is 0.335. The molecule has 1 saturated carbocycles. The number of aryl methyl sites for hydroxylation is 1. The van der Waals surface area contributed by atoms with Gasteiger partial charge in [-0.3, -0.25) is 4.68 Å². The van der Waals surface area contributed by atoms with Crippen molar-refractivity contribution in [2.75, 3.05) is 20.1 Å². The van der Waals surface area contributed by atoms with Crippen molar-refractivity contribution in [1.29, 1.82) is 0 Å². The molecule has 7 heteroatoms. The molecule has 6 nitrogen and oxygen atoms in total. The van der Waals surface area contributed by atoms with Crippen molar-refractivity contribution in [3.63, 3.8) is 0 Å². The van der Waals surface area contributed by atoms with Crippen LogP contribution in [0.4, 0.5) is 0 Å². The van der Waals surface area contributed by atoms with E-state index in [2.05, 4.69) is 10.4 Å². The van der Waals surface area contributed by atoms with Crippen molar-refractivity contribution in [3.05, 3.63) is 12.4 Å². The van der Waals surface area contributed by atoms with E-state index in [1.807, 2.05) is 14.0 Å². The van der Waals surface area contributed by atoms with E-state index in [-0.39, 0.29) is 6.04 Å². The molecule has 0 amide bonds. The van der Waals surface area contributed by atoms with Crippen LogP contribution >= 0.6 is 0 Å². The quantitative estimate of drug-likeness (QED) is 0.738. The van der Waals surface area contributed by atoms with E-state index in [1.165, 1.54) is 6.20 Å². The Bertz CT molecular complexity index is 535. The van der Waals surface area contributed by atoms with E-state index in [0.717, 1.165) is 45.2 Å². The Balaban J connectivity index is 2.10. The lowest BCUT2D eigenvalue weighted by Gasteiger charge is -2.25. The molecule has 1 aliphatic carbocycles. The van der Waals surface area contributed by atoms with Crippen molar-refractivity contribution in [2.45, 2.75) is 56.5 Å². The van der Waals surface area contributed by atoms with Crippen molar-refractivity contribution in [3.8, 4) is 0 Å². The average molecular weight is 314 g/mol. The Morgan fingerprint density at radius 2 is 2.14 bits per heavy atom. The molecule has 0 saturated heterocycles. The molecule has 0 aromatic carbocycles. The highest BCUT2D eigenvalue weighted by Gasteiger charge is 2.32. The van der Waals surface area contributed by atoms with Crippen LogP contribution in [0, 0.1) is 0 Å². The number of nitrogens with one attached hydrogen (secondary N) is 1. The van der Waals surface area contributed by atoms with Gasteiger partial charge in [0, 0.05) is 25.3 Å². The normalized spacial score (nSPS) is 16.9. The minimum Gasteiger partial charge on any atom is -0.320 e. The highest BCUT2D eigenvalue weighted by molar-refractivity contribution is 7.89. The number of aromatic nitrogens is 2. The Morgan fingerprint density at radius 3 is 2.76 bits per heavy atom. The molecule has 0 spiro atoms. The van der Waals surface area contributed by atoms with E-state index in [0.29, 0.717) is 11.4 Å². The van der Waals surface area contributed by atoms with Gasteiger partial charge in [-0.05, 0) is 32.9 Å². The van der Waals surface area contributed by atoms with Gasteiger partial charge >= 0.3 is 0 Å². The van der Waals surface area contributed by atoms with Gasteiger partial charge in [-0.2, -0.15) is 9.40 Å². The van der Waals surface area contributed by atoms with Gasteiger partial charge in [0.25, 0.3) is 0 Å². The molecule has 0 radical (unpaired) electrons. The van der Waals surface area contributed by atoms with Crippen LogP contribution < -0.4 is 5.32 Å². The fourth-order valence-corrected chi connectivity index (χ4v) is 4.62. The van der Waals surface area contributed by atoms with Crippen molar-refractivity contribution in [1.82, 2.24) is 19.4 Å². The maximum Gasteiger partial charge on any atom is 0.246 e. The first-order valence-electron chi connectivity index (χ1n) is 7.78. The van der Waals surface area contributed by atoms with Gasteiger partial charge in [0.1, 0.15) is 4.90 Å². The zero-order valence-electron chi connectivity index (χ0n) is 13.0. The third kappa shape index (κ3) is 3.84. The van der Waals surface area contributed by atoms with Crippen LogP contribution in [0.1, 0.15) is 39.0 Å². The van der Waals surface area contributed by atoms with E-state index in [1.54, 1.807) is 15.2 Å². The van der Waals surface area contributed by atoms with Gasteiger partial charge in [0.15, 0.2) is 0 Å². The summed E-state index contributed by atoms with van der Waals surface area (Å²) in [7, 11) is -1.51. The first-order chi connectivity index (χ1) is 10.1. The van der Waals surface area contributed by atoms with Crippen LogP contribution in [-0.4, -0.2) is 48.7 Å². The van der Waals surface area contributed by atoms with Crippen LogP contribution in [-0.2, 0) is 16.6 Å². The second kappa shape index (κ2) is 7.38. The SMILES string of the molecule is CCN(C1CCCC1)S(=O)(=O)c1cnn(CCCNC)c1. The Hall–Kier alpha value is -0.920. The second-order valence-electron chi connectivity index (χ2n) is 5.54. The van der Waals surface area contributed by atoms with Crippen LogP contribution in [0.2, 0.25) is 0 Å². The highest BCUT2D eigenvalue weighted by atomic mass is 32.2. The summed E-state index contributed by atoms with van der Waals surface area (Å²) in [6.45, 7) is 4.06. The zero-order valence-corrected chi connectivity index (χ0v) is 13.8. The molecule has 1 aliphatic rings. The predicted octanol–water partition coefficient (Wildman–Crippen LogP) is 1.45. The summed E-state index contributed by atoms with van der Waals surface area (Å²) in [5.41, 5.74) is 0. The number of nitrogens with zero attached hydrogens (tertiary/aromatic N) is 3. The minimum absolute atomic E-state index is 0.160. The molecular formula is C14H26N4O2S. The Morgan fingerprint density at radius 1 is 1.43 bits per heavy atom. The number of hydrogen-bond donors (Lipinski definition) is 1. The average Bonchev–Trinajstić information content (AvgIpc) is 3.11. The van der Waals surface area contributed by atoms with Crippen molar-refractivity contribution in [2.24, 2.45) is 0 Å². The molecule has 0 bridgehead atoms. The topological polar surface area (TPSA) is 67.2 Å². The van der Waals surface area contributed by atoms with E-state index >= 15 is 0 Å². The summed E-state index contributed by atoms with van der Waals surface area (Å²) >= 11 is 0. The first kappa shape index (κ1) is 16.5. The summed E-state index contributed by atoms with van der Waals surface area (Å²) in [4.78, 5) is 0.320. The van der Waals surface area contributed by atoms with Gasteiger partial charge in [-0.1, -0.05) is 19.8 Å². The largest absolute Gasteiger partial charge is 0.320 e. The third-order valence-corrected chi connectivity index (χ3v) is 6.05. The first-order valence-corrected chi connectivity index (χ1v) is 9.22. The van der Waals surface area contributed by atoms with Gasteiger partial charge < -0.3 is 5.32 Å². The maximum absolute atomic E-state index is 12.8. The van der Waals surface area contributed by atoms with E-state index in [4.69, 9.17) is 0 Å². The lowest BCUT2D eigenvalue weighted by atomic mass is 10.2. The lowest BCUT2D eigenvalue weighted by Crippen LogP contribution is -2.38. The van der Waals surface area contributed by atoms with Crippen molar-refractivity contribution >= 4 is 10.0 Å². The van der Waals surface area contributed by atoms with Crippen LogP contribution in [0.15, 0.2) is 17.3 Å². The Kier molecular flexibility index (Phi) is 5.78.